The fourth-order valence-corrected chi connectivity index (χ4v) is 5.85. The van der Waals surface area contributed by atoms with Gasteiger partial charge >= 0.3 is 5.97 Å². The molecule has 194 valence electrons. The fraction of sp³-hybridized carbons (Fsp3) is 0.286. The lowest BCUT2D eigenvalue weighted by atomic mass is 10.1. The van der Waals surface area contributed by atoms with E-state index in [4.69, 9.17) is 0 Å². The molecule has 0 saturated carbocycles. The van der Waals surface area contributed by atoms with Crippen LogP contribution in [0.3, 0.4) is 0 Å². The zero-order valence-electron chi connectivity index (χ0n) is 20.8. The zero-order valence-corrected chi connectivity index (χ0v) is 21.6. The van der Waals surface area contributed by atoms with Gasteiger partial charge in [0.05, 0.1) is 21.8 Å². The summed E-state index contributed by atoms with van der Waals surface area (Å²) in [6.45, 7) is 3.18. The third kappa shape index (κ3) is 6.29. The number of aryl methyl sites for hydroxylation is 1. The Morgan fingerprint density at radius 1 is 0.946 bits per heavy atom. The van der Waals surface area contributed by atoms with Gasteiger partial charge in [0.25, 0.3) is 10.0 Å². The molecule has 1 amide bonds. The number of carbonyl (C=O) groups excluding carboxylic acids is 1. The molecular weight excluding hydrogens is 490 g/mol. The van der Waals surface area contributed by atoms with Gasteiger partial charge in [-0.25, -0.2) is 13.2 Å². The Bertz CT molecular complexity index is 1370. The number of benzene rings is 3. The van der Waals surface area contributed by atoms with Crippen LogP contribution in [-0.4, -0.2) is 45.0 Å². The number of amides is 1. The number of hydrogen-bond donors (Lipinski definition) is 2. The lowest BCUT2D eigenvalue weighted by molar-refractivity contribution is -0.119. The van der Waals surface area contributed by atoms with E-state index in [1.165, 1.54) is 16.4 Å². The molecule has 1 fully saturated rings. The Labute approximate surface area is 217 Å². The summed E-state index contributed by atoms with van der Waals surface area (Å²) in [5, 5.41) is 12.0. The van der Waals surface area contributed by atoms with Crippen LogP contribution >= 0.6 is 0 Å². The molecule has 1 heterocycles. The van der Waals surface area contributed by atoms with Gasteiger partial charge in [-0.3, -0.25) is 9.10 Å². The highest BCUT2D eigenvalue weighted by molar-refractivity contribution is 7.92. The second-order valence-electron chi connectivity index (χ2n) is 9.14. The molecule has 9 heteroatoms. The molecule has 0 radical (unpaired) electrons. The summed E-state index contributed by atoms with van der Waals surface area (Å²) in [4.78, 5) is 26.6. The van der Waals surface area contributed by atoms with Crippen molar-refractivity contribution in [3.8, 4) is 0 Å². The molecule has 0 unspecified atom stereocenters. The van der Waals surface area contributed by atoms with Crippen molar-refractivity contribution in [1.29, 1.82) is 0 Å². The van der Waals surface area contributed by atoms with Gasteiger partial charge in [0.2, 0.25) is 5.91 Å². The molecule has 0 spiro atoms. The Morgan fingerprint density at radius 3 is 2.35 bits per heavy atom. The van der Waals surface area contributed by atoms with Gasteiger partial charge in [0, 0.05) is 19.6 Å². The maximum absolute atomic E-state index is 13.9. The van der Waals surface area contributed by atoms with Crippen molar-refractivity contribution in [2.75, 3.05) is 28.8 Å². The lowest BCUT2D eigenvalue weighted by Crippen LogP contribution is -2.42. The maximum Gasteiger partial charge on any atom is 0.335 e. The SMILES string of the molecule is Cc1ccc(S(=O)(=O)N(CC(=O)NCc2cccc(C(=O)O)c2)c2ccccc2N2CCCCC2)cc1. The number of hydrogen-bond acceptors (Lipinski definition) is 5. The van der Waals surface area contributed by atoms with E-state index >= 15 is 0 Å². The first-order valence-corrected chi connectivity index (χ1v) is 13.7. The third-order valence-corrected chi connectivity index (χ3v) is 8.18. The molecule has 3 aromatic carbocycles. The van der Waals surface area contributed by atoms with Crippen molar-refractivity contribution in [2.24, 2.45) is 0 Å². The number of anilines is 2. The van der Waals surface area contributed by atoms with E-state index in [0.717, 1.165) is 43.6 Å². The van der Waals surface area contributed by atoms with Crippen LogP contribution in [0.4, 0.5) is 11.4 Å². The molecule has 1 saturated heterocycles. The number of aromatic carboxylic acids is 1. The molecule has 4 rings (SSSR count). The lowest BCUT2D eigenvalue weighted by Gasteiger charge is -2.34. The number of nitrogens with one attached hydrogen (secondary N) is 1. The van der Waals surface area contributed by atoms with Crippen molar-refractivity contribution in [3.63, 3.8) is 0 Å². The van der Waals surface area contributed by atoms with Crippen LogP contribution in [0.25, 0.3) is 0 Å². The van der Waals surface area contributed by atoms with Gasteiger partial charge < -0.3 is 15.3 Å². The van der Waals surface area contributed by atoms with Gasteiger partial charge in [-0.15, -0.1) is 0 Å². The molecule has 0 bridgehead atoms. The van der Waals surface area contributed by atoms with Crippen LogP contribution in [0.5, 0.6) is 0 Å². The summed E-state index contributed by atoms with van der Waals surface area (Å²) in [6, 6.07) is 20.1. The van der Waals surface area contributed by atoms with Crippen molar-refractivity contribution in [3.05, 3.63) is 89.5 Å². The first-order chi connectivity index (χ1) is 17.8. The van der Waals surface area contributed by atoms with E-state index in [-0.39, 0.29) is 17.0 Å². The quantitative estimate of drug-likeness (QED) is 0.437. The molecule has 1 aliphatic heterocycles. The summed E-state index contributed by atoms with van der Waals surface area (Å²) >= 11 is 0. The number of rotatable bonds is 9. The highest BCUT2D eigenvalue weighted by Crippen LogP contribution is 2.34. The van der Waals surface area contributed by atoms with E-state index < -0.39 is 28.4 Å². The molecule has 0 atom stereocenters. The van der Waals surface area contributed by atoms with E-state index in [2.05, 4.69) is 10.2 Å². The Balaban J connectivity index is 1.64. The van der Waals surface area contributed by atoms with Crippen LogP contribution in [0.15, 0.2) is 77.7 Å². The minimum absolute atomic E-state index is 0.0755. The number of carboxylic acid groups (broad SMARTS) is 1. The van der Waals surface area contributed by atoms with Gasteiger partial charge in [-0.2, -0.15) is 0 Å². The summed E-state index contributed by atoms with van der Waals surface area (Å²) in [5.74, 6) is -1.55. The van der Waals surface area contributed by atoms with Gasteiger partial charge in [-0.1, -0.05) is 42.0 Å². The zero-order chi connectivity index (χ0) is 26.4. The normalized spacial score (nSPS) is 13.7. The molecule has 37 heavy (non-hydrogen) atoms. The van der Waals surface area contributed by atoms with E-state index in [1.54, 1.807) is 48.5 Å². The molecule has 0 aliphatic carbocycles. The number of nitrogens with zero attached hydrogens (tertiary/aromatic N) is 2. The van der Waals surface area contributed by atoms with Crippen LogP contribution in [-0.2, 0) is 21.4 Å². The number of carbonyl (C=O) groups is 2. The average Bonchev–Trinajstić information content (AvgIpc) is 2.91. The van der Waals surface area contributed by atoms with E-state index in [0.29, 0.717) is 11.3 Å². The van der Waals surface area contributed by atoms with Crippen molar-refractivity contribution in [2.45, 2.75) is 37.6 Å². The summed E-state index contributed by atoms with van der Waals surface area (Å²) in [6.07, 6.45) is 3.18. The number of piperidine rings is 1. The van der Waals surface area contributed by atoms with Crippen LogP contribution in [0.2, 0.25) is 0 Å². The fourth-order valence-electron chi connectivity index (χ4n) is 4.42. The third-order valence-electron chi connectivity index (χ3n) is 6.41. The standard InChI is InChI=1S/C28H31N3O5S/c1-21-12-14-24(15-13-21)37(35,36)31(26-11-4-3-10-25(26)30-16-5-2-6-17-30)20-27(32)29-19-22-8-7-9-23(18-22)28(33)34/h3-4,7-15,18H,2,5-6,16-17,19-20H2,1H3,(H,29,32)(H,33,34). The predicted molar refractivity (Wildman–Crippen MR) is 143 cm³/mol. The second kappa shape index (κ2) is 11.5. The summed E-state index contributed by atoms with van der Waals surface area (Å²) in [5.41, 5.74) is 2.88. The molecule has 1 aliphatic rings. The van der Waals surface area contributed by atoms with Crippen molar-refractivity contribution >= 4 is 33.3 Å². The molecular formula is C28H31N3O5S. The molecule has 0 aromatic heterocycles. The van der Waals surface area contributed by atoms with Crippen molar-refractivity contribution in [1.82, 2.24) is 5.32 Å². The molecule has 2 N–H and O–H groups in total. The minimum atomic E-state index is -4.06. The first kappa shape index (κ1) is 26.2. The number of carboxylic acids is 1. The van der Waals surface area contributed by atoms with E-state index in [9.17, 15) is 23.1 Å². The van der Waals surface area contributed by atoms with Crippen LogP contribution in [0, 0.1) is 6.92 Å². The van der Waals surface area contributed by atoms with Crippen LogP contribution in [0.1, 0.15) is 40.7 Å². The monoisotopic (exact) mass is 521 g/mol. The van der Waals surface area contributed by atoms with Gasteiger partial charge in [0.1, 0.15) is 6.54 Å². The predicted octanol–water partition coefficient (Wildman–Crippen LogP) is 4.20. The smallest absolute Gasteiger partial charge is 0.335 e. The summed E-state index contributed by atoms with van der Waals surface area (Å²) in [7, 11) is -4.06. The second-order valence-corrected chi connectivity index (χ2v) is 11.0. The van der Waals surface area contributed by atoms with Gasteiger partial charge in [0.15, 0.2) is 0 Å². The van der Waals surface area contributed by atoms with Gasteiger partial charge in [-0.05, 0) is 68.1 Å². The summed E-state index contributed by atoms with van der Waals surface area (Å²) < 4.78 is 28.9. The topological polar surface area (TPSA) is 107 Å². The highest BCUT2D eigenvalue weighted by Gasteiger charge is 2.30. The highest BCUT2D eigenvalue weighted by atomic mass is 32.2. The number of sulfonamides is 1. The largest absolute Gasteiger partial charge is 0.478 e. The maximum atomic E-state index is 13.9. The van der Waals surface area contributed by atoms with Crippen LogP contribution < -0.4 is 14.5 Å². The molecule has 3 aromatic rings. The Morgan fingerprint density at radius 2 is 1.65 bits per heavy atom. The molecule has 8 nitrogen and oxygen atoms in total. The number of para-hydroxylation sites is 2. The van der Waals surface area contributed by atoms with Crippen molar-refractivity contribution < 1.29 is 23.1 Å². The average molecular weight is 522 g/mol. The Hall–Kier alpha value is -3.85. The minimum Gasteiger partial charge on any atom is -0.478 e. The first-order valence-electron chi connectivity index (χ1n) is 12.3. The Kier molecular flexibility index (Phi) is 8.13. The van der Waals surface area contributed by atoms with E-state index in [1.807, 2.05) is 19.1 Å².